The lowest BCUT2D eigenvalue weighted by Gasteiger charge is -2.07. The number of rotatable bonds is 9. The molecule has 0 aliphatic carbocycles. The number of benzene rings is 1. The second-order valence-electron chi connectivity index (χ2n) is 6.17. The minimum Gasteiger partial charge on any atom is -0.395 e. The Hall–Kier alpha value is -0.910. The molecule has 2 unspecified atom stereocenters. The van der Waals surface area contributed by atoms with Crippen LogP contribution in [-0.2, 0) is 10.0 Å². The molecular formula is C17H27NO3S. The molecule has 0 radical (unpaired) electrons. The summed E-state index contributed by atoms with van der Waals surface area (Å²) in [5.41, 5.74) is 1.04. The third kappa shape index (κ3) is 3.89. The lowest BCUT2D eigenvalue weighted by Crippen LogP contribution is -2.17. The maximum absolute atomic E-state index is 12.6. The second kappa shape index (κ2) is 7.57. The van der Waals surface area contributed by atoms with Crippen LogP contribution < -0.4 is 0 Å². The summed E-state index contributed by atoms with van der Waals surface area (Å²) in [6, 6.07) is 6.65. The van der Waals surface area contributed by atoms with Gasteiger partial charge < -0.3 is 5.11 Å². The van der Waals surface area contributed by atoms with Crippen LogP contribution in [-0.4, -0.2) is 36.5 Å². The molecule has 1 heterocycles. The molecule has 1 fully saturated rings. The molecule has 1 aliphatic heterocycles. The standard InChI is InChI=1S/C17H27NO3S/c1-3-4-5-6-7-8-16-17(13-19)18(16)22(20,21)15-11-9-14(2)10-12-15/h9-12,16-17,19H,3-8,13H2,1-2H3/t16?,17-,18?/m1/s1. The second-order valence-corrected chi connectivity index (χ2v) is 8.01. The molecule has 4 nitrogen and oxygen atoms in total. The molecule has 0 amide bonds. The highest BCUT2D eigenvalue weighted by Crippen LogP contribution is 2.38. The number of hydrogen-bond acceptors (Lipinski definition) is 3. The minimum absolute atomic E-state index is 0.0297. The largest absolute Gasteiger partial charge is 0.395 e. The van der Waals surface area contributed by atoms with Crippen LogP contribution in [0.2, 0.25) is 0 Å². The Labute approximate surface area is 134 Å². The molecule has 1 saturated heterocycles. The zero-order chi connectivity index (χ0) is 16.2. The average Bonchev–Trinajstić information content (AvgIpc) is 3.21. The number of aliphatic hydroxyl groups excluding tert-OH is 1. The minimum atomic E-state index is -3.47. The number of hydrogen-bond donors (Lipinski definition) is 1. The summed E-state index contributed by atoms with van der Waals surface area (Å²) in [6.45, 7) is 4.02. The maximum Gasteiger partial charge on any atom is 0.243 e. The zero-order valence-corrected chi connectivity index (χ0v) is 14.3. The van der Waals surface area contributed by atoms with Gasteiger partial charge in [-0.25, -0.2) is 8.42 Å². The Morgan fingerprint density at radius 3 is 2.27 bits per heavy atom. The van der Waals surface area contributed by atoms with Gasteiger partial charge in [0.05, 0.1) is 17.5 Å². The Morgan fingerprint density at radius 1 is 1.05 bits per heavy atom. The van der Waals surface area contributed by atoms with Gasteiger partial charge in [0.1, 0.15) is 0 Å². The van der Waals surface area contributed by atoms with Crippen molar-refractivity contribution in [3.63, 3.8) is 0 Å². The maximum atomic E-state index is 12.6. The van der Waals surface area contributed by atoms with E-state index in [4.69, 9.17) is 0 Å². The smallest absolute Gasteiger partial charge is 0.243 e. The third-order valence-electron chi connectivity index (χ3n) is 4.40. The van der Waals surface area contributed by atoms with Gasteiger partial charge in [0, 0.05) is 6.04 Å². The lowest BCUT2D eigenvalue weighted by molar-refractivity contribution is 0.286. The number of aryl methyl sites for hydroxylation is 1. The van der Waals surface area contributed by atoms with Crippen molar-refractivity contribution < 1.29 is 13.5 Å². The van der Waals surface area contributed by atoms with Crippen molar-refractivity contribution in [3.8, 4) is 0 Å². The first-order chi connectivity index (χ1) is 10.5. The Morgan fingerprint density at radius 2 is 1.68 bits per heavy atom. The first-order valence-corrected chi connectivity index (χ1v) is 9.67. The molecule has 1 aliphatic rings. The summed E-state index contributed by atoms with van der Waals surface area (Å²) < 4.78 is 26.8. The van der Waals surface area contributed by atoms with Crippen LogP contribution in [0.25, 0.3) is 0 Å². The molecule has 5 heteroatoms. The van der Waals surface area contributed by atoms with E-state index in [0.717, 1.165) is 24.8 Å². The average molecular weight is 325 g/mol. The van der Waals surface area contributed by atoms with Crippen LogP contribution in [0.1, 0.15) is 51.0 Å². The normalized spacial score (nSPS) is 24.4. The highest BCUT2D eigenvalue weighted by atomic mass is 32.2. The van der Waals surface area contributed by atoms with Crippen molar-refractivity contribution >= 4 is 10.0 Å². The van der Waals surface area contributed by atoms with E-state index in [-0.39, 0.29) is 18.7 Å². The predicted octanol–water partition coefficient (Wildman–Crippen LogP) is 3.09. The SMILES string of the molecule is CCCCCCCC1[C@@H](CO)N1S(=O)(=O)c1ccc(C)cc1. The molecule has 22 heavy (non-hydrogen) atoms. The van der Waals surface area contributed by atoms with Crippen LogP contribution in [0, 0.1) is 6.92 Å². The van der Waals surface area contributed by atoms with E-state index >= 15 is 0 Å². The van der Waals surface area contributed by atoms with E-state index in [1.807, 2.05) is 19.1 Å². The molecule has 0 aromatic heterocycles. The number of sulfonamides is 1. The Bertz CT molecular complexity index is 568. The molecule has 1 aromatic carbocycles. The molecule has 0 spiro atoms. The van der Waals surface area contributed by atoms with Gasteiger partial charge in [0.25, 0.3) is 0 Å². The fourth-order valence-corrected chi connectivity index (χ4v) is 4.81. The van der Waals surface area contributed by atoms with Gasteiger partial charge in [-0.2, -0.15) is 4.31 Å². The quantitative estimate of drug-likeness (QED) is 0.561. The summed E-state index contributed by atoms with van der Waals surface area (Å²) in [6.07, 6.45) is 6.66. The van der Waals surface area contributed by atoms with Crippen molar-refractivity contribution in [2.45, 2.75) is 69.4 Å². The summed E-state index contributed by atoms with van der Waals surface area (Å²) in [4.78, 5) is 0.324. The molecular weight excluding hydrogens is 298 g/mol. The van der Waals surface area contributed by atoms with Crippen LogP contribution in [0.3, 0.4) is 0 Å². The van der Waals surface area contributed by atoms with Crippen LogP contribution in [0.4, 0.5) is 0 Å². The number of aliphatic hydroxyl groups is 1. The van der Waals surface area contributed by atoms with E-state index < -0.39 is 10.0 Å². The molecule has 1 N–H and O–H groups in total. The van der Waals surface area contributed by atoms with E-state index in [1.165, 1.54) is 23.6 Å². The topological polar surface area (TPSA) is 57.4 Å². The van der Waals surface area contributed by atoms with Gasteiger partial charge in [-0.3, -0.25) is 0 Å². The molecule has 2 rings (SSSR count). The highest BCUT2D eigenvalue weighted by molar-refractivity contribution is 7.89. The van der Waals surface area contributed by atoms with Crippen LogP contribution in [0.5, 0.6) is 0 Å². The Kier molecular flexibility index (Phi) is 6.01. The molecule has 0 saturated carbocycles. The van der Waals surface area contributed by atoms with Gasteiger partial charge in [-0.1, -0.05) is 56.7 Å². The van der Waals surface area contributed by atoms with E-state index in [2.05, 4.69) is 6.92 Å². The van der Waals surface area contributed by atoms with Crippen LogP contribution >= 0.6 is 0 Å². The fourth-order valence-electron chi connectivity index (χ4n) is 2.98. The lowest BCUT2D eigenvalue weighted by atomic mass is 10.1. The summed E-state index contributed by atoms with van der Waals surface area (Å²) in [7, 11) is -3.47. The van der Waals surface area contributed by atoms with Gasteiger partial charge >= 0.3 is 0 Å². The third-order valence-corrected chi connectivity index (χ3v) is 6.36. The van der Waals surface area contributed by atoms with Crippen molar-refractivity contribution in [2.75, 3.05) is 6.61 Å². The zero-order valence-electron chi connectivity index (χ0n) is 13.5. The molecule has 3 atom stereocenters. The monoisotopic (exact) mass is 325 g/mol. The van der Waals surface area contributed by atoms with Crippen molar-refractivity contribution in [2.24, 2.45) is 0 Å². The first-order valence-electron chi connectivity index (χ1n) is 8.23. The van der Waals surface area contributed by atoms with E-state index in [1.54, 1.807) is 12.1 Å². The van der Waals surface area contributed by atoms with Gasteiger partial charge in [0.2, 0.25) is 10.0 Å². The summed E-state index contributed by atoms with van der Waals surface area (Å²) in [5, 5.41) is 9.44. The van der Waals surface area contributed by atoms with E-state index in [0.29, 0.717) is 4.90 Å². The molecule has 124 valence electrons. The first kappa shape index (κ1) is 17.4. The summed E-state index contributed by atoms with van der Waals surface area (Å²) >= 11 is 0. The molecule has 1 aromatic rings. The van der Waals surface area contributed by atoms with Gasteiger partial charge in [0.15, 0.2) is 0 Å². The number of unbranched alkanes of at least 4 members (excludes halogenated alkanes) is 4. The van der Waals surface area contributed by atoms with Gasteiger partial charge in [-0.05, 0) is 25.5 Å². The van der Waals surface area contributed by atoms with Crippen molar-refractivity contribution in [3.05, 3.63) is 29.8 Å². The van der Waals surface area contributed by atoms with Crippen molar-refractivity contribution in [1.29, 1.82) is 0 Å². The summed E-state index contributed by atoms with van der Waals surface area (Å²) in [5.74, 6) is 0. The van der Waals surface area contributed by atoms with Crippen molar-refractivity contribution in [1.82, 2.24) is 4.31 Å². The van der Waals surface area contributed by atoms with E-state index in [9.17, 15) is 13.5 Å². The fraction of sp³-hybridized carbons (Fsp3) is 0.647. The molecule has 0 bridgehead atoms. The van der Waals surface area contributed by atoms with Crippen LogP contribution in [0.15, 0.2) is 29.2 Å². The highest BCUT2D eigenvalue weighted by Gasteiger charge is 2.54. The Balaban J connectivity index is 1.96. The van der Waals surface area contributed by atoms with Gasteiger partial charge in [-0.15, -0.1) is 0 Å². The number of nitrogens with zero attached hydrogens (tertiary/aromatic N) is 1. The predicted molar refractivity (Wildman–Crippen MR) is 88.2 cm³/mol.